The van der Waals surface area contributed by atoms with Gasteiger partial charge in [-0.1, -0.05) is 11.6 Å². The van der Waals surface area contributed by atoms with Crippen LogP contribution in [0.15, 0.2) is 12.3 Å². The summed E-state index contributed by atoms with van der Waals surface area (Å²) in [6.07, 6.45) is 3.12. The number of amides is 1. The summed E-state index contributed by atoms with van der Waals surface area (Å²) in [6, 6.07) is 1.13. The van der Waals surface area contributed by atoms with Crippen LogP contribution in [0.2, 0.25) is 5.02 Å². The van der Waals surface area contributed by atoms with Crippen LogP contribution in [0.3, 0.4) is 0 Å². The monoisotopic (exact) mass is 270 g/mol. The van der Waals surface area contributed by atoms with Crippen molar-refractivity contribution in [2.24, 2.45) is 7.05 Å². The maximum absolute atomic E-state index is 12.4. The molecule has 0 bridgehead atoms. The van der Waals surface area contributed by atoms with E-state index in [2.05, 4.69) is 0 Å². The number of nitrogens with zero attached hydrogens (tertiary/aromatic N) is 2. The molecule has 1 amide bonds. The van der Waals surface area contributed by atoms with Crippen LogP contribution in [0.25, 0.3) is 0 Å². The van der Waals surface area contributed by atoms with Gasteiger partial charge in [0, 0.05) is 19.8 Å². The third kappa shape index (κ3) is 2.22. The molecule has 1 aliphatic heterocycles. The minimum absolute atomic E-state index is 0.183. The van der Waals surface area contributed by atoms with Crippen molar-refractivity contribution in [2.45, 2.75) is 18.9 Å². The molecule has 1 atom stereocenters. The van der Waals surface area contributed by atoms with Crippen molar-refractivity contribution in [3.63, 3.8) is 0 Å². The first-order valence-corrected chi connectivity index (χ1v) is 6.13. The highest BCUT2D eigenvalue weighted by Crippen LogP contribution is 2.22. The molecular formula is C12H15ClN2O3. The van der Waals surface area contributed by atoms with E-state index in [1.807, 2.05) is 0 Å². The topological polar surface area (TPSA) is 51.5 Å². The first-order chi connectivity index (χ1) is 8.54. The maximum Gasteiger partial charge on any atom is 0.328 e. The van der Waals surface area contributed by atoms with Gasteiger partial charge in [0.25, 0.3) is 5.91 Å². The summed E-state index contributed by atoms with van der Waals surface area (Å²) in [5, 5.41) is 0.509. The number of hydrogen-bond acceptors (Lipinski definition) is 3. The first-order valence-electron chi connectivity index (χ1n) is 5.75. The zero-order chi connectivity index (χ0) is 13.3. The van der Waals surface area contributed by atoms with Crippen LogP contribution < -0.4 is 0 Å². The van der Waals surface area contributed by atoms with Gasteiger partial charge in [0.2, 0.25) is 0 Å². The summed E-state index contributed by atoms with van der Waals surface area (Å²) >= 11 is 5.86. The zero-order valence-corrected chi connectivity index (χ0v) is 11.1. The highest BCUT2D eigenvalue weighted by molar-refractivity contribution is 6.31. The van der Waals surface area contributed by atoms with E-state index in [0.29, 0.717) is 23.7 Å². The Hall–Kier alpha value is -1.49. The second-order valence-corrected chi connectivity index (χ2v) is 4.77. The van der Waals surface area contributed by atoms with Gasteiger partial charge in [-0.2, -0.15) is 0 Å². The van der Waals surface area contributed by atoms with Crippen LogP contribution in [0.1, 0.15) is 23.3 Å². The van der Waals surface area contributed by atoms with Gasteiger partial charge in [0.05, 0.1) is 12.1 Å². The van der Waals surface area contributed by atoms with Crippen molar-refractivity contribution < 1.29 is 14.3 Å². The molecule has 2 rings (SSSR count). The molecule has 2 heterocycles. The Morgan fingerprint density at radius 1 is 1.50 bits per heavy atom. The molecule has 5 nitrogen and oxygen atoms in total. The fourth-order valence-electron chi connectivity index (χ4n) is 2.27. The maximum atomic E-state index is 12.4. The molecule has 1 aromatic heterocycles. The largest absolute Gasteiger partial charge is 0.467 e. The smallest absolute Gasteiger partial charge is 0.328 e. The predicted octanol–water partition coefficient (Wildman–Crippen LogP) is 1.46. The Kier molecular flexibility index (Phi) is 3.61. The molecule has 6 heteroatoms. The average molecular weight is 271 g/mol. The Morgan fingerprint density at radius 3 is 2.78 bits per heavy atom. The van der Waals surface area contributed by atoms with E-state index < -0.39 is 6.04 Å². The molecular weight excluding hydrogens is 256 g/mol. The van der Waals surface area contributed by atoms with Gasteiger partial charge in [0.15, 0.2) is 0 Å². The molecule has 0 saturated carbocycles. The van der Waals surface area contributed by atoms with Crippen LogP contribution in [0.4, 0.5) is 0 Å². The molecule has 1 fully saturated rings. The van der Waals surface area contributed by atoms with Crippen LogP contribution in [-0.2, 0) is 16.6 Å². The number of carbonyl (C=O) groups excluding carboxylic acids is 2. The van der Waals surface area contributed by atoms with Gasteiger partial charge < -0.3 is 14.2 Å². The fraction of sp³-hybridized carbons (Fsp3) is 0.500. The minimum atomic E-state index is -0.476. The van der Waals surface area contributed by atoms with E-state index in [9.17, 15) is 9.59 Å². The molecule has 0 N–H and O–H groups in total. The van der Waals surface area contributed by atoms with E-state index >= 15 is 0 Å². The second-order valence-electron chi connectivity index (χ2n) is 4.33. The fourth-order valence-corrected chi connectivity index (χ4v) is 2.52. The summed E-state index contributed by atoms with van der Waals surface area (Å²) in [5.74, 6) is -0.543. The SMILES string of the molecule is COC(=O)C1CCCN1C(=O)c1cc(Cl)cn1C. The summed E-state index contributed by atoms with van der Waals surface area (Å²) in [6.45, 7) is 0.571. The summed E-state index contributed by atoms with van der Waals surface area (Å²) in [7, 11) is 3.09. The van der Waals surface area contributed by atoms with Crippen LogP contribution >= 0.6 is 11.6 Å². The molecule has 1 saturated heterocycles. The summed E-state index contributed by atoms with van der Waals surface area (Å²) in [5.41, 5.74) is 0.482. The van der Waals surface area contributed by atoms with E-state index in [4.69, 9.17) is 16.3 Å². The molecule has 1 aromatic rings. The van der Waals surface area contributed by atoms with Crippen LogP contribution in [0, 0.1) is 0 Å². The lowest BCUT2D eigenvalue weighted by Gasteiger charge is -2.22. The third-order valence-electron chi connectivity index (χ3n) is 3.18. The van der Waals surface area contributed by atoms with E-state index in [1.54, 1.807) is 28.8 Å². The Morgan fingerprint density at radius 2 is 2.22 bits per heavy atom. The van der Waals surface area contributed by atoms with Gasteiger partial charge >= 0.3 is 5.97 Å². The average Bonchev–Trinajstić information content (AvgIpc) is 2.94. The number of halogens is 1. The zero-order valence-electron chi connectivity index (χ0n) is 10.4. The molecule has 0 aromatic carbocycles. The number of esters is 1. The molecule has 0 aliphatic carbocycles. The van der Waals surface area contributed by atoms with E-state index in [0.717, 1.165) is 6.42 Å². The van der Waals surface area contributed by atoms with Gasteiger partial charge in [-0.05, 0) is 18.9 Å². The van der Waals surface area contributed by atoms with Gasteiger partial charge in [-0.25, -0.2) is 4.79 Å². The standard InChI is InChI=1S/C12H15ClN2O3/c1-14-7-8(13)6-10(14)11(16)15-5-3-4-9(15)12(17)18-2/h6-7,9H,3-5H2,1-2H3. The quantitative estimate of drug-likeness (QED) is 0.765. The van der Waals surface area contributed by atoms with Crippen molar-refractivity contribution in [1.29, 1.82) is 0 Å². The van der Waals surface area contributed by atoms with Crippen LogP contribution in [0.5, 0.6) is 0 Å². The van der Waals surface area contributed by atoms with Crippen molar-refractivity contribution in [1.82, 2.24) is 9.47 Å². The highest BCUT2D eigenvalue weighted by atomic mass is 35.5. The Balaban J connectivity index is 2.23. The lowest BCUT2D eigenvalue weighted by atomic mass is 10.2. The van der Waals surface area contributed by atoms with Crippen molar-refractivity contribution >= 4 is 23.5 Å². The summed E-state index contributed by atoms with van der Waals surface area (Å²) < 4.78 is 6.38. The van der Waals surface area contributed by atoms with E-state index in [-0.39, 0.29) is 11.9 Å². The van der Waals surface area contributed by atoms with Crippen molar-refractivity contribution in [3.05, 3.63) is 23.0 Å². The van der Waals surface area contributed by atoms with Crippen molar-refractivity contribution in [2.75, 3.05) is 13.7 Å². The lowest BCUT2D eigenvalue weighted by molar-refractivity contribution is -0.145. The number of likely N-dealkylation sites (tertiary alicyclic amines) is 1. The number of carbonyl (C=O) groups is 2. The van der Waals surface area contributed by atoms with E-state index in [1.165, 1.54) is 7.11 Å². The van der Waals surface area contributed by atoms with Crippen molar-refractivity contribution in [3.8, 4) is 0 Å². The summed E-state index contributed by atoms with van der Waals surface area (Å²) in [4.78, 5) is 25.5. The van der Waals surface area contributed by atoms with Crippen LogP contribution in [-0.4, -0.2) is 41.0 Å². The number of aryl methyl sites for hydroxylation is 1. The Bertz CT molecular complexity index is 484. The Labute approximate surface area is 110 Å². The normalized spacial score (nSPS) is 19.1. The number of methoxy groups -OCH3 is 1. The molecule has 1 unspecified atom stereocenters. The lowest BCUT2D eigenvalue weighted by Crippen LogP contribution is -2.41. The van der Waals surface area contributed by atoms with Gasteiger partial charge in [-0.3, -0.25) is 4.79 Å². The number of aromatic nitrogens is 1. The van der Waals surface area contributed by atoms with Gasteiger partial charge in [-0.15, -0.1) is 0 Å². The highest BCUT2D eigenvalue weighted by Gasteiger charge is 2.36. The number of ether oxygens (including phenoxy) is 1. The molecule has 18 heavy (non-hydrogen) atoms. The second kappa shape index (κ2) is 5.02. The van der Waals surface area contributed by atoms with Gasteiger partial charge in [0.1, 0.15) is 11.7 Å². The molecule has 98 valence electrons. The molecule has 1 aliphatic rings. The number of hydrogen-bond donors (Lipinski definition) is 0. The number of rotatable bonds is 2. The minimum Gasteiger partial charge on any atom is -0.467 e. The predicted molar refractivity (Wildman–Crippen MR) is 66.5 cm³/mol. The molecule has 0 spiro atoms. The third-order valence-corrected chi connectivity index (χ3v) is 3.38. The first kappa shape index (κ1) is 13.0. The molecule has 0 radical (unpaired) electrons.